The van der Waals surface area contributed by atoms with Gasteiger partial charge < -0.3 is 5.73 Å². The largest absolute Gasteiger partial charge is 0.419 e. The van der Waals surface area contributed by atoms with E-state index in [1.807, 2.05) is 0 Å². The number of rotatable bonds is 2. The Morgan fingerprint density at radius 3 is 2.36 bits per heavy atom. The van der Waals surface area contributed by atoms with Gasteiger partial charge in [0.1, 0.15) is 5.82 Å². The molecule has 0 heterocycles. The summed E-state index contributed by atoms with van der Waals surface area (Å²) in [6, 6.07) is 3.27. The van der Waals surface area contributed by atoms with Gasteiger partial charge in [0.15, 0.2) is 0 Å². The average Bonchev–Trinajstić information content (AvgIpc) is 2.02. The molecule has 0 aromatic heterocycles. The lowest BCUT2D eigenvalue weighted by atomic mass is 10.0. The van der Waals surface area contributed by atoms with E-state index in [-0.39, 0.29) is 18.5 Å². The maximum atomic E-state index is 12.9. The SMILES string of the molecule is NCCc1cccc(F)c1C(F)(F)F. The van der Waals surface area contributed by atoms with Crippen LogP contribution in [0.4, 0.5) is 17.6 Å². The Bertz CT molecular complexity index is 319. The molecule has 1 nitrogen and oxygen atoms in total. The van der Waals surface area contributed by atoms with Gasteiger partial charge in [0.25, 0.3) is 0 Å². The summed E-state index contributed by atoms with van der Waals surface area (Å²) in [5.41, 5.74) is 3.83. The Balaban J connectivity index is 3.22. The van der Waals surface area contributed by atoms with Crippen molar-refractivity contribution in [1.29, 1.82) is 0 Å². The van der Waals surface area contributed by atoms with Crippen LogP contribution in [0.25, 0.3) is 0 Å². The van der Waals surface area contributed by atoms with Crippen molar-refractivity contribution < 1.29 is 17.6 Å². The first-order chi connectivity index (χ1) is 6.46. The zero-order valence-electron chi connectivity index (χ0n) is 7.24. The second kappa shape index (κ2) is 3.96. The van der Waals surface area contributed by atoms with Crippen LogP contribution in [0.3, 0.4) is 0 Å². The van der Waals surface area contributed by atoms with Crippen molar-refractivity contribution in [3.8, 4) is 0 Å². The molecular weight excluding hydrogens is 198 g/mol. The topological polar surface area (TPSA) is 26.0 Å². The van der Waals surface area contributed by atoms with Crippen LogP contribution in [-0.2, 0) is 12.6 Å². The molecule has 2 N–H and O–H groups in total. The van der Waals surface area contributed by atoms with E-state index < -0.39 is 17.6 Å². The molecule has 1 aromatic rings. The molecule has 78 valence electrons. The van der Waals surface area contributed by atoms with Crippen molar-refractivity contribution in [3.05, 3.63) is 35.1 Å². The van der Waals surface area contributed by atoms with E-state index in [1.165, 1.54) is 12.1 Å². The Hall–Kier alpha value is -1.10. The minimum Gasteiger partial charge on any atom is -0.330 e. The molecule has 0 aliphatic rings. The normalized spacial score (nSPS) is 11.8. The number of nitrogens with two attached hydrogens (primary N) is 1. The maximum absolute atomic E-state index is 12.9. The zero-order valence-corrected chi connectivity index (χ0v) is 7.24. The van der Waals surface area contributed by atoms with Crippen molar-refractivity contribution in [2.45, 2.75) is 12.6 Å². The van der Waals surface area contributed by atoms with Crippen molar-refractivity contribution in [2.24, 2.45) is 5.73 Å². The predicted molar refractivity (Wildman–Crippen MR) is 44.2 cm³/mol. The molecule has 0 aliphatic carbocycles. The van der Waals surface area contributed by atoms with Gasteiger partial charge in [0.2, 0.25) is 0 Å². The van der Waals surface area contributed by atoms with Crippen molar-refractivity contribution in [3.63, 3.8) is 0 Å². The Kier molecular flexibility index (Phi) is 3.10. The zero-order chi connectivity index (χ0) is 10.8. The summed E-state index contributed by atoms with van der Waals surface area (Å²) in [5.74, 6) is -1.25. The molecule has 14 heavy (non-hydrogen) atoms. The quantitative estimate of drug-likeness (QED) is 0.740. The lowest BCUT2D eigenvalue weighted by Crippen LogP contribution is -2.14. The van der Waals surface area contributed by atoms with Gasteiger partial charge in [-0.2, -0.15) is 13.2 Å². The van der Waals surface area contributed by atoms with Crippen LogP contribution < -0.4 is 5.73 Å². The third-order valence-electron chi connectivity index (χ3n) is 1.80. The fraction of sp³-hybridized carbons (Fsp3) is 0.333. The van der Waals surface area contributed by atoms with E-state index in [9.17, 15) is 17.6 Å². The first kappa shape index (κ1) is 11.0. The van der Waals surface area contributed by atoms with E-state index in [4.69, 9.17) is 5.73 Å². The molecule has 5 heteroatoms. The molecule has 0 unspecified atom stereocenters. The van der Waals surface area contributed by atoms with Gasteiger partial charge >= 0.3 is 6.18 Å². The van der Waals surface area contributed by atoms with Crippen LogP contribution in [0.15, 0.2) is 18.2 Å². The van der Waals surface area contributed by atoms with Crippen LogP contribution in [0.1, 0.15) is 11.1 Å². The molecule has 0 amide bonds. The van der Waals surface area contributed by atoms with Gasteiger partial charge in [-0.1, -0.05) is 12.1 Å². The number of hydrogen-bond acceptors (Lipinski definition) is 1. The summed E-state index contributed by atoms with van der Waals surface area (Å²) < 4.78 is 50.0. The third kappa shape index (κ3) is 2.23. The van der Waals surface area contributed by atoms with Crippen LogP contribution in [0.5, 0.6) is 0 Å². The lowest BCUT2D eigenvalue weighted by molar-refractivity contribution is -0.140. The molecule has 1 aromatic carbocycles. The van der Waals surface area contributed by atoms with E-state index in [0.717, 1.165) is 6.07 Å². The standard InChI is InChI=1S/C9H9F4N/c10-7-3-1-2-6(4-5-14)8(7)9(11,12)13/h1-3H,4-5,14H2. The fourth-order valence-electron chi connectivity index (χ4n) is 1.25. The molecule has 0 radical (unpaired) electrons. The van der Waals surface area contributed by atoms with E-state index >= 15 is 0 Å². The van der Waals surface area contributed by atoms with Crippen LogP contribution in [0, 0.1) is 5.82 Å². The van der Waals surface area contributed by atoms with Crippen molar-refractivity contribution >= 4 is 0 Å². The number of alkyl halides is 3. The maximum Gasteiger partial charge on any atom is 0.419 e. The molecule has 0 atom stereocenters. The minimum absolute atomic E-state index is 0.0204. The fourth-order valence-corrected chi connectivity index (χ4v) is 1.25. The molecule has 0 spiro atoms. The van der Waals surface area contributed by atoms with Crippen LogP contribution >= 0.6 is 0 Å². The van der Waals surface area contributed by atoms with Crippen LogP contribution in [0.2, 0.25) is 0 Å². The van der Waals surface area contributed by atoms with E-state index in [0.29, 0.717) is 0 Å². The molecular formula is C9H9F4N. The first-order valence-corrected chi connectivity index (χ1v) is 4.01. The summed E-state index contributed by atoms with van der Waals surface area (Å²) in [6.07, 6.45) is -4.64. The summed E-state index contributed by atoms with van der Waals surface area (Å²) in [7, 11) is 0. The molecule has 0 saturated heterocycles. The molecule has 1 rings (SSSR count). The highest BCUT2D eigenvalue weighted by Gasteiger charge is 2.36. The van der Waals surface area contributed by atoms with E-state index in [2.05, 4.69) is 0 Å². The molecule has 0 bridgehead atoms. The van der Waals surface area contributed by atoms with Gasteiger partial charge in [0.05, 0.1) is 5.56 Å². The Labute approximate surface area is 78.5 Å². The van der Waals surface area contributed by atoms with Gasteiger partial charge in [-0.05, 0) is 24.6 Å². The first-order valence-electron chi connectivity index (χ1n) is 4.01. The van der Waals surface area contributed by atoms with Gasteiger partial charge in [-0.3, -0.25) is 0 Å². The number of halogens is 4. The highest BCUT2D eigenvalue weighted by atomic mass is 19.4. The number of benzene rings is 1. The van der Waals surface area contributed by atoms with Gasteiger partial charge in [-0.25, -0.2) is 4.39 Å². The molecule has 0 saturated carbocycles. The lowest BCUT2D eigenvalue weighted by Gasteiger charge is -2.12. The Morgan fingerprint density at radius 1 is 1.21 bits per heavy atom. The monoisotopic (exact) mass is 207 g/mol. The Morgan fingerprint density at radius 2 is 1.86 bits per heavy atom. The summed E-state index contributed by atoms with van der Waals surface area (Å²) >= 11 is 0. The molecule has 0 aliphatic heterocycles. The smallest absolute Gasteiger partial charge is 0.330 e. The predicted octanol–water partition coefficient (Wildman–Crippen LogP) is 2.35. The molecule has 0 fully saturated rings. The van der Waals surface area contributed by atoms with Gasteiger partial charge in [-0.15, -0.1) is 0 Å². The second-order valence-corrected chi connectivity index (χ2v) is 2.81. The summed E-state index contributed by atoms with van der Waals surface area (Å²) in [6.45, 7) is 0.0620. The van der Waals surface area contributed by atoms with Crippen molar-refractivity contribution in [1.82, 2.24) is 0 Å². The van der Waals surface area contributed by atoms with E-state index in [1.54, 1.807) is 0 Å². The minimum atomic E-state index is -4.66. The van der Waals surface area contributed by atoms with Crippen molar-refractivity contribution in [2.75, 3.05) is 6.54 Å². The summed E-state index contributed by atoms with van der Waals surface area (Å²) in [5, 5.41) is 0. The summed E-state index contributed by atoms with van der Waals surface area (Å²) in [4.78, 5) is 0. The number of hydrogen-bond donors (Lipinski definition) is 1. The highest BCUT2D eigenvalue weighted by Crippen LogP contribution is 2.34. The van der Waals surface area contributed by atoms with Crippen LogP contribution in [-0.4, -0.2) is 6.54 Å². The van der Waals surface area contributed by atoms with Gasteiger partial charge in [0, 0.05) is 0 Å². The third-order valence-corrected chi connectivity index (χ3v) is 1.80. The highest BCUT2D eigenvalue weighted by molar-refractivity contribution is 5.31. The average molecular weight is 207 g/mol. The second-order valence-electron chi connectivity index (χ2n) is 2.81.